The van der Waals surface area contributed by atoms with Crippen LogP contribution in [0.25, 0.3) is 22.6 Å². The second-order valence-electron chi connectivity index (χ2n) is 6.57. The maximum atomic E-state index is 12.0. The summed E-state index contributed by atoms with van der Waals surface area (Å²) in [7, 11) is 0. The summed E-state index contributed by atoms with van der Waals surface area (Å²) in [5.74, 6) is 0.513. The molecule has 1 aromatic heterocycles. The molecule has 0 atom stereocenters. The van der Waals surface area contributed by atoms with Crippen LogP contribution in [0.3, 0.4) is 0 Å². The van der Waals surface area contributed by atoms with Crippen LogP contribution in [0.5, 0.6) is 0 Å². The number of fused-ring (bicyclic) bond motifs is 1. The molecule has 1 heterocycles. The van der Waals surface area contributed by atoms with Gasteiger partial charge in [-0.25, -0.2) is 4.98 Å². The molecule has 0 bridgehead atoms. The summed E-state index contributed by atoms with van der Waals surface area (Å²) in [6.45, 7) is 9.80. The van der Waals surface area contributed by atoms with Crippen molar-refractivity contribution in [2.24, 2.45) is 5.92 Å². The number of hydrogen-bond donors (Lipinski definition) is 1. The molecule has 3 rings (SSSR count). The molecule has 3 aromatic rings. The zero-order valence-electron chi connectivity index (χ0n) is 14.7. The van der Waals surface area contributed by atoms with E-state index in [2.05, 4.69) is 16.4 Å². The van der Waals surface area contributed by atoms with Crippen LogP contribution in [-0.4, -0.2) is 10.9 Å². The zero-order chi connectivity index (χ0) is 17.4. The Morgan fingerprint density at radius 1 is 1.17 bits per heavy atom. The highest BCUT2D eigenvalue weighted by Gasteiger charge is 2.16. The SMILES string of the molecule is Cc1cc(C)c2oc(-c3cccc(NC(=O)C(C)C)c3C)nc2c1. The lowest BCUT2D eigenvalue weighted by Crippen LogP contribution is -2.18. The van der Waals surface area contributed by atoms with E-state index in [0.717, 1.165) is 39.0 Å². The molecular weight excluding hydrogens is 300 g/mol. The first-order chi connectivity index (χ1) is 11.4. The smallest absolute Gasteiger partial charge is 0.227 e. The third-order valence-electron chi connectivity index (χ3n) is 4.17. The molecule has 124 valence electrons. The molecule has 4 heteroatoms. The Balaban J connectivity index is 2.07. The summed E-state index contributed by atoms with van der Waals surface area (Å²) in [6.07, 6.45) is 0. The third-order valence-corrected chi connectivity index (χ3v) is 4.17. The minimum Gasteiger partial charge on any atom is -0.436 e. The Morgan fingerprint density at radius 2 is 1.92 bits per heavy atom. The van der Waals surface area contributed by atoms with Gasteiger partial charge in [-0.3, -0.25) is 4.79 Å². The number of anilines is 1. The second kappa shape index (κ2) is 6.11. The van der Waals surface area contributed by atoms with Crippen molar-refractivity contribution >= 4 is 22.7 Å². The van der Waals surface area contributed by atoms with Gasteiger partial charge in [-0.05, 0) is 55.7 Å². The van der Waals surface area contributed by atoms with Crippen LogP contribution in [0.2, 0.25) is 0 Å². The molecule has 0 aliphatic rings. The van der Waals surface area contributed by atoms with Gasteiger partial charge in [-0.2, -0.15) is 0 Å². The number of oxazole rings is 1. The standard InChI is InChI=1S/C20H22N2O2/c1-11(2)19(23)21-16-8-6-7-15(14(16)5)20-22-17-10-12(3)9-13(4)18(17)24-20/h6-11H,1-5H3,(H,21,23). The van der Waals surface area contributed by atoms with E-state index < -0.39 is 0 Å². The van der Waals surface area contributed by atoms with Crippen molar-refractivity contribution in [2.75, 3.05) is 5.32 Å². The molecule has 24 heavy (non-hydrogen) atoms. The van der Waals surface area contributed by atoms with Crippen molar-refractivity contribution in [3.05, 3.63) is 47.0 Å². The first kappa shape index (κ1) is 16.2. The van der Waals surface area contributed by atoms with Crippen molar-refractivity contribution in [1.29, 1.82) is 0 Å². The normalized spacial score (nSPS) is 11.2. The molecular formula is C20H22N2O2. The topological polar surface area (TPSA) is 55.1 Å². The van der Waals surface area contributed by atoms with E-state index >= 15 is 0 Å². The van der Waals surface area contributed by atoms with E-state index in [9.17, 15) is 4.79 Å². The van der Waals surface area contributed by atoms with Gasteiger partial charge in [0.1, 0.15) is 5.52 Å². The van der Waals surface area contributed by atoms with Gasteiger partial charge in [0, 0.05) is 17.2 Å². The Morgan fingerprint density at radius 3 is 2.62 bits per heavy atom. The molecule has 4 nitrogen and oxygen atoms in total. The van der Waals surface area contributed by atoms with E-state index in [1.165, 1.54) is 0 Å². The van der Waals surface area contributed by atoms with E-state index in [0.29, 0.717) is 5.89 Å². The van der Waals surface area contributed by atoms with Gasteiger partial charge >= 0.3 is 0 Å². The minimum atomic E-state index is -0.0667. The molecule has 0 spiro atoms. The van der Waals surface area contributed by atoms with Crippen LogP contribution >= 0.6 is 0 Å². The van der Waals surface area contributed by atoms with Crippen molar-refractivity contribution in [1.82, 2.24) is 4.98 Å². The Kier molecular flexibility index (Phi) is 4.14. The molecule has 0 aliphatic heterocycles. The predicted octanol–water partition coefficient (Wildman–Crippen LogP) is 5.01. The number of rotatable bonds is 3. The molecule has 0 aliphatic carbocycles. The summed E-state index contributed by atoms with van der Waals surface area (Å²) >= 11 is 0. The number of benzene rings is 2. The summed E-state index contributed by atoms with van der Waals surface area (Å²) in [5.41, 5.74) is 6.55. The number of aryl methyl sites for hydroxylation is 2. The summed E-state index contributed by atoms with van der Waals surface area (Å²) in [6, 6.07) is 9.88. The predicted molar refractivity (Wildman–Crippen MR) is 97.1 cm³/mol. The molecule has 0 radical (unpaired) electrons. The van der Waals surface area contributed by atoms with Gasteiger partial charge in [-0.15, -0.1) is 0 Å². The number of carbonyl (C=O) groups excluding carboxylic acids is 1. The van der Waals surface area contributed by atoms with Gasteiger partial charge in [0.2, 0.25) is 11.8 Å². The fraction of sp³-hybridized carbons (Fsp3) is 0.300. The van der Waals surface area contributed by atoms with E-state index in [1.807, 2.05) is 58.9 Å². The zero-order valence-corrected chi connectivity index (χ0v) is 14.7. The lowest BCUT2D eigenvalue weighted by Gasteiger charge is -2.12. The third kappa shape index (κ3) is 2.92. The molecule has 0 unspecified atom stereocenters. The summed E-state index contributed by atoms with van der Waals surface area (Å²) < 4.78 is 6.00. The monoisotopic (exact) mass is 322 g/mol. The van der Waals surface area contributed by atoms with Gasteiger partial charge in [0.25, 0.3) is 0 Å². The van der Waals surface area contributed by atoms with Crippen molar-refractivity contribution in [3.8, 4) is 11.5 Å². The Bertz CT molecular complexity index is 923. The quantitative estimate of drug-likeness (QED) is 0.737. The number of hydrogen-bond acceptors (Lipinski definition) is 3. The highest BCUT2D eigenvalue weighted by molar-refractivity contribution is 5.94. The van der Waals surface area contributed by atoms with Gasteiger partial charge in [0.05, 0.1) is 0 Å². The number of carbonyl (C=O) groups is 1. The van der Waals surface area contributed by atoms with E-state index in [4.69, 9.17) is 4.42 Å². The number of nitrogens with one attached hydrogen (secondary N) is 1. The van der Waals surface area contributed by atoms with Crippen molar-refractivity contribution in [3.63, 3.8) is 0 Å². The number of nitrogens with zero attached hydrogens (tertiary/aromatic N) is 1. The lowest BCUT2D eigenvalue weighted by atomic mass is 10.1. The Labute approximate surface area is 141 Å². The average Bonchev–Trinajstić information content (AvgIpc) is 2.93. The van der Waals surface area contributed by atoms with Gasteiger partial charge < -0.3 is 9.73 Å². The van der Waals surface area contributed by atoms with Gasteiger partial charge in [0.15, 0.2) is 5.58 Å². The fourth-order valence-electron chi connectivity index (χ4n) is 2.77. The van der Waals surface area contributed by atoms with Crippen molar-refractivity contribution in [2.45, 2.75) is 34.6 Å². The lowest BCUT2D eigenvalue weighted by molar-refractivity contribution is -0.118. The second-order valence-corrected chi connectivity index (χ2v) is 6.57. The molecule has 0 saturated heterocycles. The largest absolute Gasteiger partial charge is 0.436 e. The van der Waals surface area contributed by atoms with Crippen LogP contribution in [-0.2, 0) is 4.79 Å². The molecule has 1 amide bonds. The molecule has 2 aromatic carbocycles. The maximum absolute atomic E-state index is 12.0. The summed E-state index contributed by atoms with van der Waals surface area (Å²) in [5, 5.41) is 2.97. The van der Waals surface area contributed by atoms with Crippen LogP contribution in [0, 0.1) is 26.7 Å². The first-order valence-electron chi connectivity index (χ1n) is 8.15. The summed E-state index contributed by atoms with van der Waals surface area (Å²) in [4.78, 5) is 16.6. The highest BCUT2D eigenvalue weighted by atomic mass is 16.3. The van der Waals surface area contributed by atoms with Crippen LogP contribution in [0.4, 0.5) is 5.69 Å². The Hall–Kier alpha value is -2.62. The molecule has 0 saturated carbocycles. The van der Waals surface area contributed by atoms with Crippen LogP contribution in [0.1, 0.15) is 30.5 Å². The number of amides is 1. The van der Waals surface area contributed by atoms with Crippen LogP contribution in [0.15, 0.2) is 34.7 Å². The number of aromatic nitrogens is 1. The first-order valence-corrected chi connectivity index (χ1v) is 8.15. The van der Waals surface area contributed by atoms with Crippen LogP contribution < -0.4 is 5.32 Å². The molecule has 0 fully saturated rings. The highest BCUT2D eigenvalue weighted by Crippen LogP contribution is 2.32. The fourth-order valence-corrected chi connectivity index (χ4v) is 2.77. The van der Waals surface area contributed by atoms with E-state index in [-0.39, 0.29) is 11.8 Å². The average molecular weight is 322 g/mol. The van der Waals surface area contributed by atoms with Crippen molar-refractivity contribution < 1.29 is 9.21 Å². The van der Waals surface area contributed by atoms with E-state index in [1.54, 1.807) is 0 Å². The minimum absolute atomic E-state index is 0.000663. The van der Waals surface area contributed by atoms with Gasteiger partial charge in [-0.1, -0.05) is 26.0 Å². The molecule has 1 N–H and O–H groups in total. The maximum Gasteiger partial charge on any atom is 0.227 e.